The van der Waals surface area contributed by atoms with E-state index in [9.17, 15) is 9.59 Å². The second-order valence-corrected chi connectivity index (χ2v) is 26.2. The highest BCUT2D eigenvalue weighted by Gasteiger charge is 2.57. The molecule has 158 valence electrons. The highest BCUT2D eigenvalue weighted by atomic mass is 28.5. The van der Waals surface area contributed by atoms with Gasteiger partial charge in [0.25, 0.3) is 0 Å². The molecule has 0 aliphatic rings. The molecule has 0 saturated carbocycles. The topological polar surface area (TPSA) is 91.3 Å². The zero-order chi connectivity index (χ0) is 21.7. The van der Waals surface area contributed by atoms with Gasteiger partial charge in [-0.3, -0.25) is 0 Å². The summed E-state index contributed by atoms with van der Waals surface area (Å²) in [5.41, 5.74) is -0.686. The third-order valence-electron chi connectivity index (χ3n) is 2.73. The van der Waals surface area contributed by atoms with Crippen molar-refractivity contribution in [3.05, 3.63) is 12.2 Å². The Bertz CT molecular complexity index is 504. The van der Waals surface area contributed by atoms with E-state index in [1.165, 1.54) is 0 Å². The second-order valence-electron chi connectivity index (χ2n) is 9.25. The van der Waals surface area contributed by atoms with Crippen molar-refractivity contribution in [1.29, 1.82) is 0 Å². The molecule has 0 fully saturated rings. The van der Waals surface area contributed by atoms with E-state index in [1.54, 1.807) is 0 Å². The summed E-state index contributed by atoms with van der Waals surface area (Å²) in [4.78, 5) is 22.9. The predicted molar refractivity (Wildman–Crippen MR) is 116 cm³/mol. The predicted octanol–water partition coefficient (Wildman–Crippen LogP) is 3.98. The Kier molecular flexibility index (Phi) is 9.55. The average molecular weight is 453 g/mol. The Hall–Kier alpha value is -0.572. The lowest BCUT2D eigenvalue weighted by molar-refractivity contribution is -0.142. The molecule has 1 atom stereocenters. The van der Waals surface area contributed by atoms with Crippen LogP contribution in [-0.4, -0.2) is 56.5 Å². The maximum atomic E-state index is 12.2. The van der Waals surface area contributed by atoms with Crippen LogP contribution in [0.3, 0.4) is 0 Å². The first kappa shape index (κ1) is 26.4. The number of ether oxygens (including phenoxy) is 1. The number of carbonyl (C=O) groups is 2. The molecule has 0 heterocycles. The molecular formula is C16H36O7Si4. The molecule has 0 amide bonds. The number of carbonyl (C=O) groups excluding carboxylic acids is 1. The van der Waals surface area contributed by atoms with Gasteiger partial charge in [0, 0.05) is 12.2 Å². The zero-order valence-corrected chi connectivity index (χ0v) is 22.3. The summed E-state index contributed by atoms with van der Waals surface area (Å²) < 4.78 is 25.2. The smallest absolute Gasteiger partial charge is 0.478 e. The summed E-state index contributed by atoms with van der Waals surface area (Å²) in [5.74, 6) is -1.95. The van der Waals surface area contributed by atoms with Crippen LogP contribution in [0.15, 0.2) is 12.2 Å². The molecule has 11 heteroatoms. The molecular weight excluding hydrogens is 417 g/mol. The summed E-state index contributed by atoms with van der Waals surface area (Å²) in [6.45, 7) is 20.3. The first-order chi connectivity index (χ1) is 11.9. The van der Waals surface area contributed by atoms with Gasteiger partial charge in [-0.05, 0) is 65.3 Å². The Morgan fingerprint density at radius 2 is 1.19 bits per heavy atom. The minimum Gasteiger partial charge on any atom is -0.478 e. The SMILES string of the molecule is CCC(OC(=O)C=CC(=O)O)[Si](O[Si](C)(C)C)(O[Si](C)(C)C)O[Si](C)(C)C. The zero-order valence-electron chi connectivity index (χ0n) is 18.3. The number of hydrogen-bond acceptors (Lipinski definition) is 6. The van der Waals surface area contributed by atoms with Gasteiger partial charge in [-0.2, -0.15) is 0 Å². The first-order valence-electron chi connectivity index (χ1n) is 9.11. The fraction of sp³-hybridized carbons (Fsp3) is 0.750. The molecule has 7 nitrogen and oxygen atoms in total. The molecule has 0 aromatic carbocycles. The van der Waals surface area contributed by atoms with Gasteiger partial charge < -0.3 is 22.2 Å². The van der Waals surface area contributed by atoms with Crippen molar-refractivity contribution < 1.29 is 31.8 Å². The van der Waals surface area contributed by atoms with Crippen molar-refractivity contribution in [1.82, 2.24) is 0 Å². The number of hydrogen-bond donors (Lipinski definition) is 1. The lowest BCUT2D eigenvalue weighted by Crippen LogP contribution is -2.67. The summed E-state index contributed by atoms with van der Waals surface area (Å²) in [6.07, 6.45) is 2.12. The van der Waals surface area contributed by atoms with E-state index in [-0.39, 0.29) is 0 Å². The quantitative estimate of drug-likeness (QED) is 0.288. The Morgan fingerprint density at radius 3 is 1.44 bits per heavy atom. The summed E-state index contributed by atoms with van der Waals surface area (Å²) in [6, 6.07) is 0. The van der Waals surface area contributed by atoms with E-state index in [1.807, 2.05) is 6.92 Å². The van der Waals surface area contributed by atoms with Gasteiger partial charge in [0.1, 0.15) is 0 Å². The minimum atomic E-state index is -3.39. The fourth-order valence-corrected chi connectivity index (χ4v) is 16.5. The largest absolute Gasteiger partial charge is 0.512 e. The van der Waals surface area contributed by atoms with Gasteiger partial charge in [0.05, 0.1) is 0 Å². The van der Waals surface area contributed by atoms with Crippen molar-refractivity contribution in [2.75, 3.05) is 0 Å². The van der Waals surface area contributed by atoms with Crippen LogP contribution < -0.4 is 0 Å². The standard InChI is InChI=1S/C16H36O7Si4/c1-11-16(20-15(19)13-12-14(17)18)27(21-24(2,3)4,22-25(5,6)7)23-26(8,9)10/h12-13,16H,11H2,1-10H3,(H,17,18). The van der Waals surface area contributed by atoms with Crippen LogP contribution >= 0.6 is 0 Å². The van der Waals surface area contributed by atoms with Gasteiger partial charge in [0.15, 0.2) is 30.7 Å². The second kappa shape index (κ2) is 9.76. The lowest BCUT2D eigenvalue weighted by atomic mass is 10.5. The van der Waals surface area contributed by atoms with Gasteiger partial charge >= 0.3 is 20.7 Å². The molecule has 0 aliphatic heterocycles. The molecule has 1 unspecified atom stereocenters. The molecule has 0 rings (SSSR count). The van der Waals surface area contributed by atoms with Gasteiger partial charge in [-0.1, -0.05) is 6.92 Å². The monoisotopic (exact) mass is 452 g/mol. The Morgan fingerprint density at radius 1 is 0.815 bits per heavy atom. The molecule has 0 spiro atoms. The van der Waals surface area contributed by atoms with Crippen LogP contribution in [0.2, 0.25) is 58.9 Å². The van der Waals surface area contributed by atoms with Gasteiger partial charge in [-0.25, -0.2) is 9.59 Å². The fourth-order valence-electron chi connectivity index (χ4n) is 2.26. The number of carboxylic acids is 1. The number of aliphatic carboxylic acids is 1. The van der Waals surface area contributed by atoms with E-state index in [4.69, 9.17) is 22.2 Å². The summed E-state index contributed by atoms with van der Waals surface area (Å²) >= 11 is 0. The van der Waals surface area contributed by atoms with E-state index in [2.05, 4.69) is 58.9 Å². The molecule has 0 saturated heterocycles. The molecule has 0 aromatic heterocycles. The summed E-state index contributed by atoms with van der Waals surface area (Å²) in [5, 5.41) is 8.73. The number of carboxylic acid groups (broad SMARTS) is 1. The van der Waals surface area contributed by atoms with Crippen molar-refractivity contribution in [3.63, 3.8) is 0 Å². The van der Waals surface area contributed by atoms with E-state index >= 15 is 0 Å². The maximum absolute atomic E-state index is 12.2. The molecule has 0 aromatic rings. The van der Waals surface area contributed by atoms with Crippen LogP contribution in [0.1, 0.15) is 13.3 Å². The average Bonchev–Trinajstić information content (AvgIpc) is 2.36. The molecule has 27 heavy (non-hydrogen) atoms. The van der Waals surface area contributed by atoms with Gasteiger partial charge in [0.2, 0.25) is 0 Å². The highest BCUT2D eigenvalue weighted by molar-refractivity contribution is 6.90. The molecule has 1 N–H and O–H groups in total. The Balaban J connectivity index is 6.10. The highest BCUT2D eigenvalue weighted by Crippen LogP contribution is 2.31. The van der Waals surface area contributed by atoms with Crippen LogP contribution in [0.5, 0.6) is 0 Å². The molecule has 0 bridgehead atoms. The van der Waals surface area contributed by atoms with Crippen LogP contribution in [0, 0.1) is 0 Å². The van der Waals surface area contributed by atoms with Crippen molar-refractivity contribution in [2.24, 2.45) is 0 Å². The maximum Gasteiger partial charge on any atom is 0.512 e. The van der Waals surface area contributed by atoms with Crippen LogP contribution in [-0.2, 0) is 26.7 Å². The molecule has 0 aliphatic carbocycles. The first-order valence-corrected chi connectivity index (χ1v) is 21.1. The Labute approximate surface area is 167 Å². The van der Waals surface area contributed by atoms with Crippen LogP contribution in [0.4, 0.5) is 0 Å². The minimum absolute atomic E-state index is 0.457. The van der Waals surface area contributed by atoms with Crippen molar-refractivity contribution in [2.45, 2.75) is 78.0 Å². The van der Waals surface area contributed by atoms with E-state index in [0.717, 1.165) is 12.2 Å². The van der Waals surface area contributed by atoms with Crippen molar-refractivity contribution >= 4 is 45.7 Å². The lowest BCUT2D eigenvalue weighted by Gasteiger charge is -2.45. The number of esters is 1. The number of rotatable bonds is 11. The van der Waals surface area contributed by atoms with E-state index in [0.29, 0.717) is 6.42 Å². The van der Waals surface area contributed by atoms with Gasteiger partial charge in [-0.15, -0.1) is 0 Å². The van der Waals surface area contributed by atoms with Crippen LogP contribution in [0.25, 0.3) is 0 Å². The summed E-state index contributed by atoms with van der Waals surface area (Å²) in [7, 11) is -9.71. The third kappa shape index (κ3) is 11.8. The normalized spacial score (nSPS) is 15.0. The van der Waals surface area contributed by atoms with E-state index < -0.39 is 51.4 Å². The molecule has 0 radical (unpaired) electrons. The van der Waals surface area contributed by atoms with Crippen molar-refractivity contribution in [3.8, 4) is 0 Å². The third-order valence-corrected chi connectivity index (χ3v) is 14.8.